The third kappa shape index (κ3) is 32.2. The number of carbonyl (C=O) groups is 2. The quantitative estimate of drug-likeness (QED) is 0.0178. The second-order valence-corrected chi connectivity index (χ2v) is 19.1. The van der Waals surface area contributed by atoms with Gasteiger partial charge in [-0.2, -0.15) is 0 Å². The lowest BCUT2D eigenvalue weighted by Crippen LogP contribution is -2.37. The average Bonchev–Trinajstić information content (AvgIpc) is 3.47. The van der Waals surface area contributed by atoms with Crippen molar-refractivity contribution in [3.05, 3.63) is 48.6 Å². The first kappa shape index (κ1) is 56.9. The Labute approximate surface area is 370 Å². The Bertz CT molecular complexity index is 1300. The molecule has 3 N–H and O–H groups in total. The molecule has 0 amide bonds. The summed E-state index contributed by atoms with van der Waals surface area (Å²) in [4.78, 5) is 37.8. The van der Waals surface area contributed by atoms with Gasteiger partial charge in [-0.15, -0.1) is 0 Å². The zero-order valence-corrected chi connectivity index (χ0v) is 39.6. The van der Waals surface area contributed by atoms with Gasteiger partial charge in [0.05, 0.1) is 46.1 Å². The first-order chi connectivity index (χ1) is 29.2. The van der Waals surface area contributed by atoms with Crippen LogP contribution in [-0.2, 0) is 32.7 Å². The molecule has 0 aromatic carbocycles. The van der Waals surface area contributed by atoms with Crippen LogP contribution >= 0.6 is 7.82 Å². The minimum Gasteiger partial charge on any atom is -0.756 e. The van der Waals surface area contributed by atoms with E-state index in [0.29, 0.717) is 43.1 Å². The van der Waals surface area contributed by atoms with E-state index < -0.39 is 50.8 Å². The number of likely N-dealkylation sites (N-methyl/N-ethyl adjacent to an activating group) is 1. The molecule has 0 aromatic heterocycles. The number of phosphoric acid groups is 1. The van der Waals surface area contributed by atoms with Crippen molar-refractivity contribution >= 4 is 19.8 Å². The van der Waals surface area contributed by atoms with E-state index in [2.05, 4.69) is 38.2 Å². The fourth-order valence-corrected chi connectivity index (χ4v) is 7.82. The normalized spacial score (nSPS) is 20.6. The highest BCUT2D eigenvalue weighted by Crippen LogP contribution is 2.38. The van der Waals surface area contributed by atoms with E-state index in [4.69, 9.17) is 18.5 Å². The molecule has 61 heavy (non-hydrogen) atoms. The standard InChI is InChI=1S/C48H86NO11P/c1-6-8-10-11-12-13-14-15-16-17-18-19-20-21-22-23-28-32-47(53)57-39-42(40-59-61(55,56)58-37-36-49(3,4)5)60-48(54)33-29-25-24-27-31-43-44(46(52)38-45(43)51)35-34-41(50)30-26-9-7-2/h12-13,15-16,24,27,34-35,41-46,50-52H,6-11,14,17-23,25-26,28-33,36-40H2,1-5H3/b13-12-,16-15-,27-24+,35-34+/t41-,42+,43+,44+,45-,46+/m0/s1. The largest absolute Gasteiger partial charge is 0.756 e. The molecule has 1 aliphatic carbocycles. The summed E-state index contributed by atoms with van der Waals surface area (Å²) < 4.78 is 33.9. The minimum absolute atomic E-state index is 0.0451. The van der Waals surface area contributed by atoms with Crippen LogP contribution in [0.3, 0.4) is 0 Å². The maximum absolute atomic E-state index is 12.8. The molecule has 0 saturated heterocycles. The SMILES string of the molecule is CCCCC/C=C\C/C=C\CCCCCCCCCC(=O)OC[C@H](COP(=O)([O-])OCC[N+](C)(C)C)OC(=O)CCC/C=C/C[C@@H]1[C@@H](/C=C/[C@@H](O)CCCCC)[C@H](O)C[C@@H]1O. The Balaban J connectivity index is 2.48. The second kappa shape index (κ2) is 35.2. The van der Waals surface area contributed by atoms with Crippen LogP contribution in [0.5, 0.6) is 0 Å². The summed E-state index contributed by atoms with van der Waals surface area (Å²) in [5, 5.41) is 31.4. The number of hydrogen-bond donors (Lipinski definition) is 3. The van der Waals surface area contributed by atoms with Gasteiger partial charge in [-0.25, -0.2) is 0 Å². The van der Waals surface area contributed by atoms with E-state index in [9.17, 15) is 34.4 Å². The highest BCUT2D eigenvalue weighted by Gasteiger charge is 2.39. The molecule has 0 radical (unpaired) electrons. The summed E-state index contributed by atoms with van der Waals surface area (Å²) in [6, 6.07) is 0. The van der Waals surface area contributed by atoms with Crippen LogP contribution in [-0.4, -0.2) is 104 Å². The number of carbonyl (C=O) groups excluding carboxylic acids is 2. The number of aliphatic hydroxyl groups is 3. The average molecular weight is 884 g/mol. The van der Waals surface area contributed by atoms with E-state index in [1.807, 2.05) is 39.4 Å². The lowest BCUT2D eigenvalue weighted by Gasteiger charge is -2.28. The molecule has 1 saturated carbocycles. The van der Waals surface area contributed by atoms with Crippen LogP contribution in [0.25, 0.3) is 0 Å². The second-order valence-electron chi connectivity index (χ2n) is 17.7. The van der Waals surface area contributed by atoms with Crippen LogP contribution in [0.1, 0.15) is 162 Å². The summed E-state index contributed by atoms with van der Waals surface area (Å²) in [5.74, 6) is -1.47. The van der Waals surface area contributed by atoms with Crippen molar-refractivity contribution < 1.29 is 57.4 Å². The molecule has 7 atom stereocenters. The molecular weight excluding hydrogens is 797 g/mol. The number of ether oxygens (including phenoxy) is 2. The van der Waals surface area contributed by atoms with Gasteiger partial charge in [0.2, 0.25) is 0 Å². The maximum Gasteiger partial charge on any atom is 0.306 e. The molecule has 0 bridgehead atoms. The summed E-state index contributed by atoms with van der Waals surface area (Å²) >= 11 is 0. The molecule has 1 fully saturated rings. The highest BCUT2D eigenvalue weighted by atomic mass is 31.2. The van der Waals surface area contributed by atoms with Gasteiger partial charge in [0, 0.05) is 25.2 Å². The van der Waals surface area contributed by atoms with Crippen molar-refractivity contribution in [1.82, 2.24) is 0 Å². The summed E-state index contributed by atoms with van der Waals surface area (Å²) in [6.45, 7) is 3.80. The molecule has 12 nitrogen and oxygen atoms in total. The molecule has 1 unspecified atom stereocenters. The number of unbranched alkanes of at least 4 members (excludes halogenated alkanes) is 13. The van der Waals surface area contributed by atoms with Crippen molar-refractivity contribution in [2.75, 3.05) is 47.5 Å². The van der Waals surface area contributed by atoms with Crippen LogP contribution in [0.2, 0.25) is 0 Å². The number of aliphatic hydroxyl groups excluding tert-OH is 3. The lowest BCUT2D eigenvalue weighted by molar-refractivity contribution is -0.870. The summed E-state index contributed by atoms with van der Waals surface area (Å²) in [7, 11) is 1.01. The Hall–Kier alpha value is -2.15. The van der Waals surface area contributed by atoms with Crippen LogP contribution in [0, 0.1) is 11.8 Å². The number of allylic oxidation sites excluding steroid dienone is 6. The first-order valence-corrected chi connectivity index (χ1v) is 25.1. The van der Waals surface area contributed by atoms with Crippen molar-refractivity contribution in [2.24, 2.45) is 11.8 Å². The van der Waals surface area contributed by atoms with Gasteiger partial charge in [-0.05, 0) is 70.1 Å². The van der Waals surface area contributed by atoms with Crippen molar-refractivity contribution in [1.29, 1.82) is 0 Å². The molecule has 1 rings (SSSR count). The molecule has 354 valence electrons. The molecular formula is C48H86NO11P. The predicted molar refractivity (Wildman–Crippen MR) is 242 cm³/mol. The molecule has 1 aliphatic rings. The lowest BCUT2D eigenvalue weighted by atomic mass is 9.89. The Morgan fingerprint density at radius 2 is 1.33 bits per heavy atom. The Kier molecular flexibility index (Phi) is 32.8. The predicted octanol–water partition coefficient (Wildman–Crippen LogP) is 9.21. The van der Waals surface area contributed by atoms with Crippen LogP contribution in [0.4, 0.5) is 0 Å². The van der Waals surface area contributed by atoms with Crippen molar-refractivity contribution in [3.8, 4) is 0 Å². The van der Waals surface area contributed by atoms with E-state index in [0.717, 1.165) is 51.4 Å². The topological polar surface area (TPSA) is 172 Å². The van der Waals surface area contributed by atoms with Gasteiger partial charge in [0.25, 0.3) is 7.82 Å². The summed E-state index contributed by atoms with van der Waals surface area (Å²) in [6.07, 6.45) is 33.7. The number of esters is 2. The molecule has 0 aliphatic heterocycles. The molecule has 0 aromatic rings. The maximum atomic E-state index is 12.8. The molecule has 0 spiro atoms. The van der Waals surface area contributed by atoms with Gasteiger partial charge >= 0.3 is 11.9 Å². The van der Waals surface area contributed by atoms with Gasteiger partial charge < -0.3 is 43.2 Å². The van der Waals surface area contributed by atoms with Crippen molar-refractivity contribution in [3.63, 3.8) is 0 Å². The van der Waals surface area contributed by atoms with E-state index >= 15 is 0 Å². The smallest absolute Gasteiger partial charge is 0.306 e. The number of phosphoric ester groups is 1. The number of quaternary nitrogens is 1. The highest BCUT2D eigenvalue weighted by molar-refractivity contribution is 7.45. The van der Waals surface area contributed by atoms with Gasteiger partial charge in [-0.3, -0.25) is 14.2 Å². The van der Waals surface area contributed by atoms with Gasteiger partial charge in [0.15, 0.2) is 6.10 Å². The van der Waals surface area contributed by atoms with Crippen LogP contribution in [0.15, 0.2) is 48.6 Å². The summed E-state index contributed by atoms with van der Waals surface area (Å²) in [5.41, 5.74) is 0. The van der Waals surface area contributed by atoms with E-state index in [1.165, 1.54) is 44.9 Å². The Morgan fingerprint density at radius 1 is 0.738 bits per heavy atom. The number of rotatable bonds is 38. The first-order valence-electron chi connectivity index (χ1n) is 23.6. The molecule has 0 heterocycles. The zero-order chi connectivity index (χ0) is 45.2. The van der Waals surface area contributed by atoms with Crippen LogP contribution < -0.4 is 4.89 Å². The fourth-order valence-electron chi connectivity index (χ4n) is 7.09. The number of nitrogens with zero attached hydrogens (tertiary/aromatic N) is 1. The third-order valence-corrected chi connectivity index (χ3v) is 11.9. The zero-order valence-electron chi connectivity index (χ0n) is 38.7. The van der Waals surface area contributed by atoms with E-state index in [1.54, 1.807) is 6.08 Å². The fraction of sp³-hybridized carbons (Fsp3) is 0.792. The Morgan fingerprint density at radius 3 is 2.00 bits per heavy atom. The van der Waals surface area contributed by atoms with E-state index in [-0.39, 0.29) is 44.3 Å². The van der Waals surface area contributed by atoms with Gasteiger partial charge in [-0.1, -0.05) is 127 Å². The third-order valence-electron chi connectivity index (χ3n) is 10.9. The van der Waals surface area contributed by atoms with Crippen molar-refractivity contribution in [2.45, 2.75) is 186 Å². The monoisotopic (exact) mass is 884 g/mol. The minimum atomic E-state index is -4.70. The number of hydrogen-bond acceptors (Lipinski definition) is 11. The molecule has 13 heteroatoms. The van der Waals surface area contributed by atoms with Gasteiger partial charge in [0.1, 0.15) is 19.8 Å².